The summed E-state index contributed by atoms with van der Waals surface area (Å²) in [5.41, 5.74) is 6.39. The molecule has 0 aliphatic heterocycles. The van der Waals surface area contributed by atoms with Crippen molar-refractivity contribution in [3.05, 3.63) is 16.6 Å². The zero-order chi connectivity index (χ0) is 13.5. The van der Waals surface area contributed by atoms with Crippen LogP contribution in [-0.2, 0) is 7.05 Å². The average molecular weight is 266 g/mol. The topological polar surface area (TPSA) is 72.9 Å². The van der Waals surface area contributed by atoms with Crippen LogP contribution in [0.2, 0.25) is 0 Å². The van der Waals surface area contributed by atoms with Gasteiger partial charge in [0.2, 0.25) is 0 Å². The third kappa shape index (κ3) is 2.54. The molecule has 0 fully saturated rings. The number of fused-ring (bicyclic) bond motifs is 1. The molecule has 6 heteroatoms. The largest absolute Gasteiger partial charge is 0.350 e. The van der Waals surface area contributed by atoms with Crippen molar-refractivity contribution in [2.45, 2.75) is 26.3 Å². The van der Waals surface area contributed by atoms with E-state index in [1.54, 1.807) is 4.68 Å². The summed E-state index contributed by atoms with van der Waals surface area (Å²) in [6.45, 7) is 6.16. The van der Waals surface area contributed by atoms with Gasteiger partial charge in [-0.2, -0.15) is 5.10 Å². The predicted molar refractivity (Wildman–Crippen MR) is 73.9 cm³/mol. The van der Waals surface area contributed by atoms with Crippen LogP contribution in [0.5, 0.6) is 0 Å². The van der Waals surface area contributed by atoms with Crippen molar-refractivity contribution in [1.82, 2.24) is 15.1 Å². The molecular formula is C12H18N4OS. The van der Waals surface area contributed by atoms with E-state index in [9.17, 15) is 4.79 Å². The first-order chi connectivity index (χ1) is 8.28. The fourth-order valence-corrected chi connectivity index (χ4v) is 2.75. The normalized spacial score (nSPS) is 12.1. The van der Waals surface area contributed by atoms with Crippen LogP contribution in [0.25, 0.3) is 10.2 Å². The zero-order valence-electron chi connectivity index (χ0n) is 11.1. The van der Waals surface area contributed by atoms with Crippen molar-refractivity contribution in [1.29, 1.82) is 0 Å². The van der Waals surface area contributed by atoms with Crippen molar-refractivity contribution in [2.75, 3.05) is 6.54 Å². The van der Waals surface area contributed by atoms with Crippen LogP contribution in [0.4, 0.5) is 0 Å². The van der Waals surface area contributed by atoms with Crippen molar-refractivity contribution in [3.63, 3.8) is 0 Å². The lowest BCUT2D eigenvalue weighted by atomic mass is 10.1. The Morgan fingerprint density at radius 2 is 2.28 bits per heavy atom. The van der Waals surface area contributed by atoms with Gasteiger partial charge in [0, 0.05) is 24.5 Å². The highest BCUT2D eigenvalue weighted by Gasteiger charge is 2.17. The van der Waals surface area contributed by atoms with Gasteiger partial charge >= 0.3 is 0 Å². The van der Waals surface area contributed by atoms with Crippen molar-refractivity contribution in [3.8, 4) is 0 Å². The number of carbonyl (C=O) groups is 1. The van der Waals surface area contributed by atoms with E-state index in [1.807, 2.05) is 33.9 Å². The number of hydrogen-bond acceptors (Lipinski definition) is 4. The summed E-state index contributed by atoms with van der Waals surface area (Å²) < 4.78 is 1.80. The number of nitrogens with one attached hydrogen (secondary N) is 1. The molecule has 98 valence electrons. The van der Waals surface area contributed by atoms with Crippen LogP contribution in [0.1, 0.15) is 29.2 Å². The van der Waals surface area contributed by atoms with Gasteiger partial charge in [-0.15, -0.1) is 11.3 Å². The summed E-state index contributed by atoms with van der Waals surface area (Å²) in [6.07, 6.45) is 0. The molecule has 0 aliphatic carbocycles. The fourth-order valence-electron chi connectivity index (χ4n) is 1.71. The van der Waals surface area contributed by atoms with Crippen LogP contribution in [0.3, 0.4) is 0 Å². The lowest BCUT2D eigenvalue weighted by molar-refractivity contribution is 0.0950. The van der Waals surface area contributed by atoms with Gasteiger partial charge in [-0.3, -0.25) is 9.48 Å². The van der Waals surface area contributed by atoms with Gasteiger partial charge in [0.05, 0.1) is 10.6 Å². The van der Waals surface area contributed by atoms with Gasteiger partial charge in [0.25, 0.3) is 5.91 Å². The molecule has 2 heterocycles. The molecule has 0 aliphatic rings. The molecule has 0 radical (unpaired) electrons. The Labute approximate surface area is 110 Å². The van der Waals surface area contributed by atoms with Gasteiger partial charge < -0.3 is 11.1 Å². The number of thiophene rings is 1. The third-order valence-electron chi connectivity index (χ3n) is 2.62. The Morgan fingerprint density at radius 3 is 2.83 bits per heavy atom. The lowest BCUT2D eigenvalue weighted by Gasteiger charge is -2.18. The molecule has 0 saturated heterocycles. The highest BCUT2D eigenvalue weighted by atomic mass is 32.1. The third-order valence-corrected chi connectivity index (χ3v) is 3.83. The Hall–Kier alpha value is -1.40. The monoisotopic (exact) mass is 266 g/mol. The molecule has 0 spiro atoms. The molecule has 0 aromatic carbocycles. The number of rotatable bonds is 3. The standard InChI is InChI=1S/C12H18N4OS/c1-7-8-5-9(18-11(8)16(4)15-7)10(17)14-6-12(2,3)13/h5H,6,13H2,1-4H3,(H,14,17). The Kier molecular flexibility index (Phi) is 3.16. The first kappa shape index (κ1) is 13.0. The van der Waals surface area contributed by atoms with Gasteiger partial charge in [-0.05, 0) is 26.8 Å². The molecule has 2 rings (SSSR count). The van der Waals surface area contributed by atoms with Crippen LogP contribution >= 0.6 is 11.3 Å². The van der Waals surface area contributed by atoms with E-state index in [4.69, 9.17) is 5.73 Å². The average Bonchev–Trinajstić information content (AvgIpc) is 2.78. The van der Waals surface area contributed by atoms with E-state index in [0.717, 1.165) is 15.9 Å². The number of aryl methyl sites for hydroxylation is 2. The van der Waals surface area contributed by atoms with Gasteiger partial charge in [0.15, 0.2) is 0 Å². The number of nitrogens with zero attached hydrogens (tertiary/aromatic N) is 2. The van der Waals surface area contributed by atoms with E-state index in [-0.39, 0.29) is 5.91 Å². The van der Waals surface area contributed by atoms with Crippen LogP contribution in [0.15, 0.2) is 6.07 Å². The number of amides is 1. The Morgan fingerprint density at radius 1 is 1.61 bits per heavy atom. The van der Waals surface area contributed by atoms with Gasteiger partial charge in [-0.1, -0.05) is 0 Å². The van der Waals surface area contributed by atoms with Crippen molar-refractivity contribution >= 4 is 27.5 Å². The highest BCUT2D eigenvalue weighted by Crippen LogP contribution is 2.27. The minimum absolute atomic E-state index is 0.0749. The molecule has 0 saturated carbocycles. The summed E-state index contributed by atoms with van der Waals surface area (Å²) in [7, 11) is 1.89. The Balaban J connectivity index is 2.21. The molecule has 0 unspecified atom stereocenters. The number of nitrogens with two attached hydrogens (primary N) is 1. The zero-order valence-corrected chi connectivity index (χ0v) is 11.9. The summed E-state index contributed by atoms with van der Waals surface area (Å²) >= 11 is 1.45. The van der Waals surface area contributed by atoms with Crippen LogP contribution in [-0.4, -0.2) is 27.8 Å². The van der Waals surface area contributed by atoms with Crippen molar-refractivity contribution in [2.24, 2.45) is 12.8 Å². The quantitative estimate of drug-likeness (QED) is 0.882. The SMILES string of the molecule is Cc1nn(C)c2sc(C(=O)NCC(C)(C)N)cc12. The van der Waals surface area contributed by atoms with E-state index in [0.29, 0.717) is 11.4 Å². The van der Waals surface area contributed by atoms with Gasteiger partial charge in [-0.25, -0.2) is 0 Å². The minimum atomic E-state index is -0.399. The smallest absolute Gasteiger partial charge is 0.261 e. The maximum atomic E-state index is 12.0. The second kappa shape index (κ2) is 4.37. The highest BCUT2D eigenvalue weighted by molar-refractivity contribution is 7.20. The molecule has 18 heavy (non-hydrogen) atoms. The summed E-state index contributed by atoms with van der Waals surface area (Å²) in [4.78, 5) is 13.7. The lowest BCUT2D eigenvalue weighted by Crippen LogP contribution is -2.44. The minimum Gasteiger partial charge on any atom is -0.350 e. The molecule has 1 amide bonds. The van der Waals surface area contributed by atoms with E-state index < -0.39 is 5.54 Å². The number of hydrogen-bond donors (Lipinski definition) is 2. The van der Waals surface area contributed by atoms with E-state index in [2.05, 4.69) is 10.4 Å². The van der Waals surface area contributed by atoms with E-state index in [1.165, 1.54) is 11.3 Å². The second-order valence-corrected chi connectivity index (χ2v) is 6.24. The predicted octanol–water partition coefficient (Wildman–Crippen LogP) is 1.41. The second-order valence-electron chi connectivity index (χ2n) is 5.21. The molecule has 2 aromatic heterocycles. The van der Waals surface area contributed by atoms with E-state index >= 15 is 0 Å². The fraction of sp³-hybridized carbons (Fsp3) is 0.500. The molecule has 2 aromatic rings. The summed E-state index contributed by atoms with van der Waals surface area (Å²) in [6, 6.07) is 1.89. The van der Waals surface area contributed by atoms with Gasteiger partial charge in [0.1, 0.15) is 4.83 Å². The molecule has 3 N–H and O–H groups in total. The molecule has 0 bridgehead atoms. The number of carbonyl (C=O) groups excluding carboxylic acids is 1. The Bertz CT molecular complexity index is 556. The number of aromatic nitrogens is 2. The summed E-state index contributed by atoms with van der Waals surface area (Å²) in [5.74, 6) is -0.0749. The first-order valence-corrected chi connectivity index (χ1v) is 6.60. The molecule has 0 atom stereocenters. The van der Waals surface area contributed by atoms with Crippen LogP contribution in [0, 0.1) is 6.92 Å². The molecule has 5 nitrogen and oxygen atoms in total. The van der Waals surface area contributed by atoms with Crippen LogP contribution < -0.4 is 11.1 Å². The summed E-state index contributed by atoms with van der Waals surface area (Å²) in [5, 5.41) is 8.20. The first-order valence-electron chi connectivity index (χ1n) is 5.78. The maximum Gasteiger partial charge on any atom is 0.261 e. The molecular weight excluding hydrogens is 248 g/mol. The van der Waals surface area contributed by atoms with Crippen molar-refractivity contribution < 1.29 is 4.79 Å². The maximum absolute atomic E-state index is 12.0.